The maximum absolute atomic E-state index is 12.2. The number of aliphatic hydroxyl groups excluding tert-OH is 1. The van der Waals surface area contributed by atoms with Crippen LogP contribution in [-0.2, 0) is 4.79 Å². The molecule has 0 fully saturated rings. The summed E-state index contributed by atoms with van der Waals surface area (Å²) in [7, 11) is 1.51. The van der Waals surface area contributed by atoms with Crippen LogP contribution in [0.2, 0.25) is 0 Å². The van der Waals surface area contributed by atoms with Gasteiger partial charge in [0.15, 0.2) is 5.78 Å². The third-order valence-corrected chi connectivity index (χ3v) is 3.11. The molecule has 0 saturated carbocycles. The fraction of sp³-hybridized carbons (Fsp3) is 0.500. The average molecular weight is 293 g/mol. The fourth-order valence-electron chi connectivity index (χ4n) is 1.88. The van der Waals surface area contributed by atoms with Crippen LogP contribution < -0.4 is 10.1 Å². The molecule has 0 aromatic heterocycles. The van der Waals surface area contributed by atoms with Gasteiger partial charge >= 0.3 is 0 Å². The molecule has 0 unspecified atom stereocenters. The number of benzene rings is 1. The summed E-state index contributed by atoms with van der Waals surface area (Å²) in [6.45, 7) is 5.18. The number of carbonyl (C=O) groups is 2. The van der Waals surface area contributed by atoms with E-state index in [1.165, 1.54) is 7.11 Å². The Kier molecular flexibility index (Phi) is 5.90. The Morgan fingerprint density at radius 3 is 2.52 bits per heavy atom. The fourth-order valence-corrected chi connectivity index (χ4v) is 1.88. The van der Waals surface area contributed by atoms with Crippen molar-refractivity contribution in [2.24, 2.45) is 0 Å². The van der Waals surface area contributed by atoms with Crippen molar-refractivity contribution in [3.8, 4) is 5.75 Å². The number of hydrogen-bond acceptors (Lipinski definition) is 4. The number of Topliss-reactive ketones (excluding diaryl/α,β-unsaturated/α-hetero) is 1. The van der Waals surface area contributed by atoms with E-state index in [9.17, 15) is 9.59 Å². The first-order valence-corrected chi connectivity index (χ1v) is 6.89. The van der Waals surface area contributed by atoms with Crippen LogP contribution in [0.25, 0.3) is 0 Å². The quantitative estimate of drug-likeness (QED) is 0.752. The Morgan fingerprint density at radius 1 is 1.29 bits per heavy atom. The highest BCUT2D eigenvalue weighted by Crippen LogP contribution is 2.21. The highest BCUT2D eigenvalue weighted by atomic mass is 16.5. The summed E-state index contributed by atoms with van der Waals surface area (Å²) < 4.78 is 5.17. The van der Waals surface area contributed by atoms with E-state index in [1.807, 2.05) is 13.0 Å². The third kappa shape index (κ3) is 5.19. The number of ether oxygens (including phenoxy) is 1. The van der Waals surface area contributed by atoms with Crippen molar-refractivity contribution < 1.29 is 19.4 Å². The zero-order chi connectivity index (χ0) is 16.0. The summed E-state index contributed by atoms with van der Waals surface area (Å²) >= 11 is 0. The molecule has 1 aromatic carbocycles. The van der Waals surface area contributed by atoms with Crippen LogP contribution >= 0.6 is 0 Å². The summed E-state index contributed by atoms with van der Waals surface area (Å²) in [6.07, 6.45) is 0.187. The van der Waals surface area contributed by atoms with Gasteiger partial charge in [0.25, 0.3) is 0 Å². The van der Waals surface area contributed by atoms with E-state index < -0.39 is 5.54 Å². The van der Waals surface area contributed by atoms with E-state index in [0.717, 1.165) is 5.56 Å². The number of aryl methyl sites for hydroxylation is 1. The molecule has 0 atom stereocenters. The van der Waals surface area contributed by atoms with Gasteiger partial charge in [-0.3, -0.25) is 9.59 Å². The molecule has 1 amide bonds. The monoisotopic (exact) mass is 293 g/mol. The van der Waals surface area contributed by atoms with Gasteiger partial charge in [-0.05, 0) is 32.9 Å². The van der Waals surface area contributed by atoms with Gasteiger partial charge in [0, 0.05) is 12.8 Å². The molecule has 0 heterocycles. The zero-order valence-corrected chi connectivity index (χ0v) is 13.0. The largest absolute Gasteiger partial charge is 0.496 e. The molecular formula is C16H23NO4. The Morgan fingerprint density at radius 2 is 1.95 bits per heavy atom. The molecule has 0 radical (unpaired) electrons. The number of amides is 1. The lowest BCUT2D eigenvalue weighted by Gasteiger charge is -2.23. The van der Waals surface area contributed by atoms with Crippen LogP contribution in [0.4, 0.5) is 0 Å². The van der Waals surface area contributed by atoms with Gasteiger partial charge in [-0.1, -0.05) is 11.6 Å². The Labute approximate surface area is 125 Å². The molecule has 5 heteroatoms. The molecule has 1 aromatic rings. The number of aliphatic hydroxyl groups is 1. The summed E-state index contributed by atoms with van der Waals surface area (Å²) in [4.78, 5) is 24.0. The summed E-state index contributed by atoms with van der Waals surface area (Å²) in [5.74, 6) is 0.128. The molecule has 0 aliphatic rings. The minimum absolute atomic E-state index is 0.0827. The lowest BCUT2D eigenvalue weighted by Crippen LogP contribution is -2.46. The molecule has 21 heavy (non-hydrogen) atoms. The van der Waals surface area contributed by atoms with Gasteiger partial charge in [0.05, 0.1) is 24.8 Å². The molecule has 0 saturated heterocycles. The molecular weight excluding hydrogens is 270 g/mol. The predicted octanol–water partition coefficient (Wildman–Crippen LogP) is 1.85. The topological polar surface area (TPSA) is 75.6 Å². The van der Waals surface area contributed by atoms with Crippen LogP contribution in [0.15, 0.2) is 18.2 Å². The van der Waals surface area contributed by atoms with Crippen molar-refractivity contribution in [3.05, 3.63) is 29.3 Å². The second kappa shape index (κ2) is 7.22. The Bertz CT molecular complexity index is 523. The van der Waals surface area contributed by atoms with E-state index >= 15 is 0 Å². The first kappa shape index (κ1) is 17.2. The van der Waals surface area contributed by atoms with Crippen molar-refractivity contribution in [2.75, 3.05) is 13.7 Å². The van der Waals surface area contributed by atoms with Crippen LogP contribution in [0, 0.1) is 6.92 Å². The van der Waals surface area contributed by atoms with Crippen LogP contribution in [0.1, 0.15) is 42.6 Å². The van der Waals surface area contributed by atoms with Crippen molar-refractivity contribution in [3.63, 3.8) is 0 Å². The number of carbonyl (C=O) groups excluding carboxylic acids is 2. The van der Waals surface area contributed by atoms with Crippen LogP contribution in [0.3, 0.4) is 0 Å². The number of methoxy groups -OCH3 is 1. The van der Waals surface area contributed by atoms with Gasteiger partial charge in [0.1, 0.15) is 5.75 Å². The average Bonchev–Trinajstić information content (AvgIpc) is 2.44. The highest BCUT2D eigenvalue weighted by molar-refractivity contribution is 6.00. The summed E-state index contributed by atoms with van der Waals surface area (Å²) in [5.41, 5.74) is 0.776. The number of hydrogen-bond donors (Lipinski definition) is 2. The van der Waals surface area contributed by atoms with Crippen LogP contribution in [0.5, 0.6) is 5.75 Å². The molecule has 0 bridgehead atoms. The van der Waals surface area contributed by atoms with Gasteiger partial charge in [-0.2, -0.15) is 0 Å². The van der Waals surface area contributed by atoms with Crippen molar-refractivity contribution in [1.82, 2.24) is 5.32 Å². The second-order valence-corrected chi connectivity index (χ2v) is 5.72. The van der Waals surface area contributed by atoms with Gasteiger partial charge in [0.2, 0.25) is 5.91 Å². The Hall–Kier alpha value is -1.88. The SMILES string of the molecule is COc1ccc(C)cc1C(=O)CCC(=O)NC(C)(C)CO. The molecule has 1 rings (SSSR count). The minimum Gasteiger partial charge on any atom is -0.496 e. The molecule has 5 nitrogen and oxygen atoms in total. The first-order chi connectivity index (χ1) is 9.79. The number of ketones is 1. The van der Waals surface area contributed by atoms with E-state index in [1.54, 1.807) is 26.0 Å². The zero-order valence-electron chi connectivity index (χ0n) is 13.0. The third-order valence-electron chi connectivity index (χ3n) is 3.11. The first-order valence-electron chi connectivity index (χ1n) is 6.89. The van der Waals surface area contributed by atoms with E-state index in [4.69, 9.17) is 9.84 Å². The van der Waals surface area contributed by atoms with Crippen molar-refractivity contribution >= 4 is 11.7 Å². The Balaban J connectivity index is 2.66. The van der Waals surface area contributed by atoms with E-state index in [0.29, 0.717) is 11.3 Å². The maximum Gasteiger partial charge on any atom is 0.220 e. The molecule has 2 N–H and O–H groups in total. The van der Waals surface area contributed by atoms with Crippen LogP contribution in [-0.4, -0.2) is 36.1 Å². The lowest BCUT2D eigenvalue weighted by atomic mass is 10.0. The smallest absolute Gasteiger partial charge is 0.220 e. The standard InChI is InChI=1S/C16H23NO4/c1-11-5-7-14(21-4)12(9-11)13(19)6-8-15(20)17-16(2,3)10-18/h5,7,9,18H,6,8,10H2,1-4H3,(H,17,20). The maximum atomic E-state index is 12.2. The summed E-state index contributed by atoms with van der Waals surface area (Å²) in [5, 5.41) is 11.8. The van der Waals surface area contributed by atoms with E-state index in [2.05, 4.69) is 5.32 Å². The predicted molar refractivity (Wildman–Crippen MR) is 80.6 cm³/mol. The number of rotatable bonds is 7. The van der Waals surface area contributed by atoms with Gasteiger partial charge in [-0.25, -0.2) is 0 Å². The van der Waals surface area contributed by atoms with E-state index in [-0.39, 0.29) is 31.1 Å². The number of nitrogens with one attached hydrogen (secondary N) is 1. The van der Waals surface area contributed by atoms with Gasteiger partial charge in [-0.15, -0.1) is 0 Å². The molecule has 116 valence electrons. The summed E-state index contributed by atoms with van der Waals surface area (Å²) in [6, 6.07) is 5.38. The van der Waals surface area contributed by atoms with Gasteiger partial charge < -0.3 is 15.2 Å². The molecule has 0 aliphatic carbocycles. The minimum atomic E-state index is -0.679. The lowest BCUT2D eigenvalue weighted by molar-refractivity contribution is -0.123. The normalized spacial score (nSPS) is 11.1. The van der Waals surface area contributed by atoms with Crippen molar-refractivity contribution in [2.45, 2.75) is 39.2 Å². The highest BCUT2D eigenvalue weighted by Gasteiger charge is 2.20. The van der Waals surface area contributed by atoms with Crippen molar-refractivity contribution in [1.29, 1.82) is 0 Å². The molecule has 0 aliphatic heterocycles. The second-order valence-electron chi connectivity index (χ2n) is 5.72. The molecule has 0 spiro atoms.